The van der Waals surface area contributed by atoms with Crippen LogP contribution in [0.1, 0.15) is 50.5 Å². The summed E-state index contributed by atoms with van der Waals surface area (Å²) in [6, 6.07) is 4.89. The number of fused-ring (bicyclic) bond motifs is 2. The number of urea groups is 1. The molecule has 1 N–H and O–H groups in total. The minimum Gasteiger partial charge on any atom is -0.454 e. The third-order valence-electron chi connectivity index (χ3n) is 7.69. The van der Waals surface area contributed by atoms with Crippen LogP contribution in [-0.2, 0) is 16.1 Å². The van der Waals surface area contributed by atoms with Crippen molar-refractivity contribution >= 4 is 17.8 Å². The molecule has 4 aliphatic heterocycles. The van der Waals surface area contributed by atoms with E-state index < -0.39 is 12.1 Å². The molecule has 0 spiro atoms. The lowest BCUT2D eigenvalue weighted by molar-refractivity contribution is -0.132. The maximum atomic E-state index is 12.9. The van der Waals surface area contributed by atoms with Gasteiger partial charge in [0.25, 0.3) is 5.91 Å². The second-order valence-electron chi connectivity index (χ2n) is 9.93. The van der Waals surface area contributed by atoms with Crippen molar-refractivity contribution < 1.29 is 23.9 Å². The monoisotopic (exact) mass is 470 g/mol. The van der Waals surface area contributed by atoms with Crippen molar-refractivity contribution in [2.24, 2.45) is 5.92 Å². The number of imide groups is 1. The Labute approximate surface area is 200 Å². The van der Waals surface area contributed by atoms with Crippen LogP contribution in [0, 0.1) is 5.92 Å². The molecule has 34 heavy (non-hydrogen) atoms. The molecule has 0 aliphatic carbocycles. The molecule has 4 amide bonds. The molecule has 1 aromatic carbocycles. The molecule has 0 unspecified atom stereocenters. The molecule has 3 fully saturated rings. The summed E-state index contributed by atoms with van der Waals surface area (Å²) in [5, 5.41) is 2.74. The van der Waals surface area contributed by atoms with Crippen molar-refractivity contribution in [3.05, 3.63) is 23.8 Å². The van der Waals surface area contributed by atoms with Crippen LogP contribution in [0.3, 0.4) is 0 Å². The van der Waals surface area contributed by atoms with E-state index in [1.165, 1.54) is 50.1 Å². The first-order chi connectivity index (χ1) is 16.5. The molecule has 0 bridgehead atoms. The summed E-state index contributed by atoms with van der Waals surface area (Å²) in [5.74, 6) is 1.54. The molecule has 4 heterocycles. The Hall–Kier alpha value is -2.81. The van der Waals surface area contributed by atoms with Crippen LogP contribution in [0.15, 0.2) is 18.2 Å². The number of nitrogens with zero attached hydrogens (tertiary/aromatic N) is 3. The Balaban J connectivity index is 1.12. The number of carbonyl (C=O) groups is 3. The molecule has 184 valence electrons. The summed E-state index contributed by atoms with van der Waals surface area (Å²) in [7, 11) is 1.87. The zero-order valence-electron chi connectivity index (χ0n) is 19.8. The average molecular weight is 471 g/mol. The molecule has 0 saturated carbocycles. The van der Waals surface area contributed by atoms with Crippen LogP contribution in [0.25, 0.3) is 0 Å². The molecule has 1 aromatic rings. The Bertz CT molecular complexity index is 951. The smallest absolute Gasteiger partial charge is 0.325 e. The van der Waals surface area contributed by atoms with Crippen molar-refractivity contribution in [3.8, 4) is 11.5 Å². The standard InChI is InChI=1S/C25H34N4O5/c1-27(15-18-5-4-12-28-11-3-2-6-20(18)28)23(30)10-8-19-24(31)29(25(32)26-19)14-17-7-9-21-22(13-17)34-16-33-21/h7,9,13,18-20H,2-6,8,10-12,14-16H2,1H3,(H,26,32)/t18-,19-,20+/m0/s1. The van der Waals surface area contributed by atoms with E-state index in [0.717, 1.165) is 12.1 Å². The predicted octanol–water partition coefficient (Wildman–Crippen LogP) is 2.34. The van der Waals surface area contributed by atoms with E-state index in [1.54, 1.807) is 12.1 Å². The quantitative estimate of drug-likeness (QED) is 0.615. The molecule has 9 heteroatoms. The van der Waals surface area contributed by atoms with Crippen LogP contribution >= 0.6 is 0 Å². The number of carbonyl (C=O) groups excluding carboxylic acids is 3. The number of nitrogens with one attached hydrogen (secondary N) is 1. The van der Waals surface area contributed by atoms with E-state index in [-0.39, 0.29) is 31.6 Å². The van der Waals surface area contributed by atoms with E-state index in [1.807, 2.05) is 18.0 Å². The first-order valence-electron chi connectivity index (χ1n) is 12.5. The van der Waals surface area contributed by atoms with E-state index >= 15 is 0 Å². The van der Waals surface area contributed by atoms with Crippen LogP contribution < -0.4 is 14.8 Å². The van der Waals surface area contributed by atoms with E-state index in [2.05, 4.69) is 10.2 Å². The Morgan fingerprint density at radius 1 is 1.12 bits per heavy atom. The van der Waals surface area contributed by atoms with E-state index in [0.29, 0.717) is 29.9 Å². The lowest BCUT2D eigenvalue weighted by Gasteiger charge is -2.45. The topological polar surface area (TPSA) is 91.4 Å². The summed E-state index contributed by atoms with van der Waals surface area (Å²) < 4.78 is 10.7. The molecule has 3 atom stereocenters. The largest absolute Gasteiger partial charge is 0.454 e. The first kappa shape index (κ1) is 23.0. The zero-order valence-corrected chi connectivity index (χ0v) is 19.8. The first-order valence-corrected chi connectivity index (χ1v) is 12.5. The normalized spacial score (nSPS) is 26.4. The highest BCUT2D eigenvalue weighted by molar-refractivity contribution is 6.04. The second-order valence-corrected chi connectivity index (χ2v) is 9.93. The molecule has 3 saturated heterocycles. The summed E-state index contributed by atoms with van der Waals surface area (Å²) in [6.07, 6.45) is 6.72. The van der Waals surface area contributed by atoms with Gasteiger partial charge >= 0.3 is 6.03 Å². The van der Waals surface area contributed by atoms with Gasteiger partial charge in [0.05, 0.1) is 6.54 Å². The highest BCUT2D eigenvalue weighted by atomic mass is 16.7. The van der Waals surface area contributed by atoms with Crippen LogP contribution in [0.5, 0.6) is 11.5 Å². The van der Waals surface area contributed by atoms with Crippen molar-refractivity contribution in [2.75, 3.05) is 33.5 Å². The summed E-state index contributed by atoms with van der Waals surface area (Å²) in [5.41, 5.74) is 0.786. The fraction of sp³-hybridized carbons (Fsp3) is 0.640. The molecular formula is C25H34N4O5. The van der Waals surface area contributed by atoms with Gasteiger partial charge in [-0.25, -0.2) is 4.79 Å². The number of hydrogen-bond donors (Lipinski definition) is 1. The number of amides is 4. The van der Waals surface area contributed by atoms with Crippen molar-refractivity contribution in [3.63, 3.8) is 0 Å². The van der Waals surface area contributed by atoms with Crippen LogP contribution in [-0.4, -0.2) is 78.1 Å². The van der Waals surface area contributed by atoms with Gasteiger partial charge in [-0.05, 0) is 68.8 Å². The van der Waals surface area contributed by atoms with Crippen molar-refractivity contribution in [1.82, 2.24) is 20.0 Å². The number of benzene rings is 1. The number of hydrogen-bond acceptors (Lipinski definition) is 6. The average Bonchev–Trinajstić information content (AvgIpc) is 3.42. The molecule has 0 radical (unpaired) electrons. The second kappa shape index (κ2) is 9.82. The lowest BCUT2D eigenvalue weighted by Crippen LogP contribution is -2.51. The lowest BCUT2D eigenvalue weighted by atomic mass is 9.83. The predicted molar refractivity (Wildman–Crippen MR) is 124 cm³/mol. The van der Waals surface area contributed by atoms with Gasteiger partial charge in [-0.3, -0.25) is 14.5 Å². The summed E-state index contributed by atoms with van der Waals surface area (Å²) in [4.78, 5) is 43.8. The van der Waals surface area contributed by atoms with E-state index in [4.69, 9.17) is 9.47 Å². The number of ether oxygens (including phenoxy) is 2. The maximum absolute atomic E-state index is 12.9. The minimum absolute atomic E-state index is 0.0317. The fourth-order valence-electron chi connectivity index (χ4n) is 5.85. The number of rotatable bonds is 7. The van der Waals surface area contributed by atoms with Gasteiger partial charge in [0.15, 0.2) is 11.5 Å². The third-order valence-corrected chi connectivity index (χ3v) is 7.69. The summed E-state index contributed by atoms with van der Waals surface area (Å²) >= 11 is 0. The third kappa shape index (κ3) is 4.71. The van der Waals surface area contributed by atoms with Gasteiger partial charge in [-0.15, -0.1) is 0 Å². The van der Waals surface area contributed by atoms with Crippen molar-refractivity contribution in [1.29, 1.82) is 0 Å². The van der Waals surface area contributed by atoms with Crippen LogP contribution in [0.2, 0.25) is 0 Å². The molecule has 0 aromatic heterocycles. The van der Waals surface area contributed by atoms with Gasteiger partial charge in [0.1, 0.15) is 6.04 Å². The molecule has 5 rings (SSSR count). The Kier molecular flexibility index (Phi) is 6.63. The fourth-order valence-corrected chi connectivity index (χ4v) is 5.85. The maximum Gasteiger partial charge on any atom is 0.325 e. The van der Waals surface area contributed by atoms with E-state index in [9.17, 15) is 14.4 Å². The highest BCUT2D eigenvalue weighted by Gasteiger charge is 2.39. The van der Waals surface area contributed by atoms with Gasteiger partial charge in [-0.1, -0.05) is 12.5 Å². The molecular weight excluding hydrogens is 436 g/mol. The van der Waals surface area contributed by atoms with Crippen molar-refractivity contribution in [2.45, 2.75) is 63.6 Å². The zero-order chi connectivity index (χ0) is 23.7. The van der Waals surface area contributed by atoms with Crippen LogP contribution in [0.4, 0.5) is 4.79 Å². The Morgan fingerprint density at radius 2 is 1.94 bits per heavy atom. The van der Waals surface area contributed by atoms with Gasteiger partial charge < -0.3 is 24.6 Å². The molecule has 9 nitrogen and oxygen atoms in total. The molecule has 4 aliphatic rings. The highest BCUT2D eigenvalue weighted by Crippen LogP contribution is 2.33. The SMILES string of the molecule is CN(C[C@@H]1CCCN2CCCC[C@H]12)C(=O)CC[C@@H]1NC(=O)N(Cc2ccc3c(c2)OCO3)C1=O. The van der Waals surface area contributed by atoms with Gasteiger partial charge in [0.2, 0.25) is 12.7 Å². The minimum atomic E-state index is -0.664. The van der Waals surface area contributed by atoms with Gasteiger partial charge in [0, 0.05) is 26.1 Å². The van der Waals surface area contributed by atoms with Gasteiger partial charge in [-0.2, -0.15) is 0 Å². The summed E-state index contributed by atoms with van der Waals surface area (Å²) in [6.45, 7) is 3.47. The Morgan fingerprint density at radius 3 is 2.82 bits per heavy atom. The number of piperidine rings is 2.